The highest BCUT2D eigenvalue weighted by atomic mass is 16.5. The minimum Gasteiger partial charge on any atom is -0.497 e. The monoisotopic (exact) mass is 303 g/mol. The van der Waals surface area contributed by atoms with E-state index in [1.54, 1.807) is 7.11 Å². The molecule has 0 bridgehead atoms. The van der Waals surface area contributed by atoms with Gasteiger partial charge in [-0.2, -0.15) is 0 Å². The van der Waals surface area contributed by atoms with Crippen molar-refractivity contribution >= 4 is 5.97 Å². The Morgan fingerprint density at radius 3 is 2.91 bits per heavy atom. The molecule has 0 N–H and O–H groups in total. The lowest BCUT2D eigenvalue weighted by atomic mass is 9.80. The second kappa shape index (κ2) is 5.92. The van der Waals surface area contributed by atoms with E-state index in [-0.39, 0.29) is 17.6 Å². The third-order valence-corrected chi connectivity index (χ3v) is 5.60. The summed E-state index contributed by atoms with van der Waals surface area (Å²) in [7, 11) is 3.17. The average Bonchev–Trinajstić information content (AvgIpc) is 3.12. The summed E-state index contributed by atoms with van der Waals surface area (Å²) < 4.78 is 10.4. The van der Waals surface area contributed by atoms with Crippen LogP contribution in [-0.4, -0.2) is 37.7 Å². The number of carbonyl (C=O) groups excluding carboxylic acids is 1. The molecule has 4 heteroatoms. The van der Waals surface area contributed by atoms with Gasteiger partial charge in [0.05, 0.1) is 14.2 Å². The molecule has 4 nitrogen and oxygen atoms in total. The van der Waals surface area contributed by atoms with Crippen LogP contribution >= 0.6 is 0 Å². The maximum atomic E-state index is 12.1. The van der Waals surface area contributed by atoms with E-state index in [1.807, 2.05) is 13.0 Å². The molecule has 0 radical (unpaired) electrons. The Morgan fingerprint density at radius 1 is 1.36 bits per heavy atom. The van der Waals surface area contributed by atoms with Gasteiger partial charge in [0, 0.05) is 12.1 Å². The predicted molar refractivity (Wildman–Crippen MR) is 84.8 cm³/mol. The van der Waals surface area contributed by atoms with Gasteiger partial charge in [-0.1, -0.05) is 18.6 Å². The topological polar surface area (TPSA) is 38.8 Å². The number of ether oxygens (including phenoxy) is 2. The molecular formula is C18H25NO3. The summed E-state index contributed by atoms with van der Waals surface area (Å²) in [5, 5.41) is 0. The van der Waals surface area contributed by atoms with E-state index < -0.39 is 0 Å². The van der Waals surface area contributed by atoms with E-state index in [0.717, 1.165) is 25.1 Å². The molecule has 1 saturated carbocycles. The summed E-state index contributed by atoms with van der Waals surface area (Å²) in [6.45, 7) is 2.92. The minimum atomic E-state index is -0.209. The van der Waals surface area contributed by atoms with Gasteiger partial charge < -0.3 is 9.47 Å². The number of carbonyl (C=O) groups is 1. The van der Waals surface area contributed by atoms with Crippen molar-refractivity contribution in [1.29, 1.82) is 0 Å². The molecule has 22 heavy (non-hydrogen) atoms. The third-order valence-electron chi connectivity index (χ3n) is 5.60. The van der Waals surface area contributed by atoms with Gasteiger partial charge in [-0.05, 0) is 49.8 Å². The SMILES string of the molecule is COC(=O)C(C)N1CC[C@@H]2CCC[C@@]21c1cccc(OC)c1. The molecule has 1 saturated heterocycles. The summed E-state index contributed by atoms with van der Waals surface area (Å²) >= 11 is 0. The molecule has 3 atom stereocenters. The lowest BCUT2D eigenvalue weighted by molar-refractivity contribution is -0.148. The standard InChI is InChI=1S/C18H25NO3/c1-13(17(20)22-3)19-11-9-14-7-5-10-18(14,19)15-6-4-8-16(12-15)21-2/h4,6,8,12-14H,5,7,9-11H2,1-3H3/t13?,14-,18-/m0/s1. The largest absolute Gasteiger partial charge is 0.497 e. The first-order chi connectivity index (χ1) is 10.6. The second-order valence-electron chi connectivity index (χ2n) is 6.43. The fourth-order valence-corrected chi connectivity index (χ4v) is 4.59. The summed E-state index contributed by atoms with van der Waals surface area (Å²) in [4.78, 5) is 14.5. The molecule has 1 aliphatic carbocycles. The maximum Gasteiger partial charge on any atom is 0.322 e. The summed E-state index contributed by atoms with van der Waals surface area (Å²) in [6.07, 6.45) is 4.71. The normalized spacial score (nSPS) is 29.1. The van der Waals surface area contributed by atoms with E-state index in [0.29, 0.717) is 5.92 Å². The molecule has 1 aromatic carbocycles. The molecule has 3 rings (SSSR count). The van der Waals surface area contributed by atoms with Crippen LogP contribution < -0.4 is 4.74 Å². The first-order valence-corrected chi connectivity index (χ1v) is 8.12. The van der Waals surface area contributed by atoms with Crippen LogP contribution in [0.4, 0.5) is 0 Å². The first kappa shape index (κ1) is 15.3. The lowest BCUT2D eigenvalue weighted by Crippen LogP contribution is -2.50. The van der Waals surface area contributed by atoms with Gasteiger partial charge in [-0.25, -0.2) is 0 Å². The van der Waals surface area contributed by atoms with Crippen molar-refractivity contribution in [3.05, 3.63) is 29.8 Å². The summed E-state index contributed by atoms with van der Waals surface area (Å²) in [5.74, 6) is 1.36. The van der Waals surface area contributed by atoms with Crippen LogP contribution in [0.15, 0.2) is 24.3 Å². The maximum absolute atomic E-state index is 12.1. The predicted octanol–water partition coefficient (Wildman–Crippen LogP) is 2.96. The van der Waals surface area contributed by atoms with E-state index in [1.165, 1.54) is 25.5 Å². The van der Waals surface area contributed by atoms with Crippen molar-refractivity contribution in [3.63, 3.8) is 0 Å². The molecule has 0 amide bonds. The van der Waals surface area contributed by atoms with Crippen molar-refractivity contribution in [2.75, 3.05) is 20.8 Å². The van der Waals surface area contributed by atoms with Gasteiger partial charge in [0.15, 0.2) is 0 Å². The number of esters is 1. The zero-order chi connectivity index (χ0) is 15.7. The fourth-order valence-electron chi connectivity index (χ4n) is 4.59. The van der Waals surface area contributed by atoms with E-state index in [2.05, 4.69) is 23.1 Å². The average molecular weight is 303 g/mol. The molecule has 1 heterocycles. The Bertz CT molecular complexity index is 559. The summed E-state index contributed by atoms with van der Waals surface area (Å²) in [5.41, 5.74) is 1.24. The molecule has 120 valence electrons. The Balaban J connectivity index is 2.03. The van der Waals surface area contributed by atoms with Crippen molar-refractivity contribution in [1.82, 2.24) is 4.90 Å². The highest BCUT2D eigenvalue weighted by Crippen LogP contribution is 2.54. The van der Waals surface area contributed by atoms with Crippen LogP contribution in [0.2, 0.25) is 0 Å². The smallest absolute Gasteiger partial charge is 0.322 e. The first-order valence-electron chi connectivity index (χ1n) is 8.12. The number of nitrogens with zero attached hydrogens (tertiary/aromatic N) is 1. The molecule has 0 spiro atoms. The molecule has 2 aliphatic rings. The Morgan fingerprint density at radius 2 is 2.18 bits per heavy atom. The number of hydrogen-bond acceptors (Lipinski definition) is 4. The van der Waals surface area contributed by atoms with Crippen molar-refractivity contribution in [2.24, 2.45) is 5.92 Å². The van der Waals surface area contributed by atoms with Gasteiger partial charge in [0.25, 0.3) is 0 Å². The van der Waals surface area contributed by atoms with E-state index in [9.17, 15) is 4.79 Å². The lowest BCUT2D eigenvalue weighted by Gasteiger charge is -2.42. The van der Waals surface area contributed by atoms with Gasteiger partial charge in [0.2, 0.25) is 0 Å². The zero-order valence-electron chi connectivity index (χ0n) is 13.7. The van der Waals surface area contributed by atoms with Crippen molar-refractivity contribution in [2.45, 2.75) is 44.2 Å². The highest BCUT2D eigenvalue weighted by Gasteiger charge is 2.54. The number of methoxy groups -OCH3 is 2. The van der Waals surface area contributed by atoms with Gasteiger partial charge in [-0.3, -0.25) is 9.69 Å². The van der Waals surface area contributed by atoms with Crippen LogP contribution in [0.5, 0.6) is 5.75 Å². The minimum absolute atomic E-state index is 0.0395. The number of likely N-dealkylation sites (tertiary alicyclic amines) is 1. The number of hydrogen-bond donors (Lipinski definition) is 0. The van der Waals surface area contributed by atoms with Crippen LogP contribution in [0.1, 0.15) is 38.2 Å². The van der Waals surface area contributed by atoms with Crippen LogP contribution in [0, 0.1) is 5.92 Å². The molecule has 1 aromatic rings. The van der Waals surface area contributed by atoms with Crippen molar-refractivity contribution in [3.8, 4) is 5.75 Å². The fraction of sp³-hybridized carbons (Fsp3) is 0.611. The molecule has 0 aromatic heterocycles. The van der Waals surface area contributed by atoms with Crippen LogP contribution in [0.25, 0.3) is 0 Å². The molecular weight excluding hydrogens is 278 g/mol. The highest BCUT2D eigenvalue weighted by molar-refractivity contribution is 5.75. The van der Waals surface area contributed by atoms with Crippen molar-refractivity contribution < 1.29 is 14.3 Å². The Labute approximate surface area is 132 Å². The van der Waals surface area contributed by atoms with Gasteiger partial charge in [0.1, 0.15) is 11.8 Å². The van der Waals surface area contributed by atoms with Crippen LogP contribution in [-0.2, 0) is 15.1 Å². The third kappa shape index (κ3) is 2.21. The van der Waals surface area contributed by atoms with E-state index >= 15 is 0 Å². The number of fused-ring (bicyclic) bond motifs is 1. The molecule has 1 unspecified atom stereocenters. The molecule has 2 fully saturated rings. The summed E-state index contributed by atoms with van der Waals surface area (Å²) in [6, 6.07) is 8.15. The Hall–Kier alpha value is -1.55. The quantitative estimate of drug-likeness (QED) is 0.802. The van der Waals surface area contributed by atoms with Gasteiger partial charge in [-0.15, -0.1) is 0 Å². The van der Waals surface area contributed by atoms with E-state index in [4.69, 9.17) is 9.47 Å². The Kier molecular flexibility index (Phi) is 4.13. The van der Waals surface area contributed by atoms with Gasteiger partial charge >= 0.3 is 5.97 Å². The number of rotatable bonds is 4. The zero-order valence-corrected chi connectivity index (χ0v) is 13.7. The molecule has 1 aliphatic heterocycles. The second-order valence-corrected chi connectivity index (χ2v) is 6.43. The van der Waals surface area contributed by atoms with Crippen LogP contribution in [0.3, 0.4) is 0 Å². The number of benzene rings is 1.